The number of nitrogens with zero attached hydrogens (tertiary/aromatic N) is 1. The first kappa shape index (κ1) is 14.8. The number of benzene rings is 1. The summed E-state index contributed by atoms with van der Waals surface area (Å²) < 4.78 is 0. The molecule has 1 saturated heterocycles. The second-order valence-corrected chi connectivity index (χ2v) is 6.03. The van der Waals surface area contributed by atoms with Crippen molar-refractivity contribution in [3.8, 4) is 11.8 Å². The molecule has 1 N–H and O–H groups in total. The van der Waals surface area contributed by atoms with Gasteiger partial charge < -0.3 is 5.11 Å². The van der Waals surface area contributed by atoms with Gasteiger partial charge in [0, 0.05) is 18.7 Å². The first-order valence-corrected chi connectivity index (χ1v) is 7.16. The highest BCUT2D eigenvalue weighted by Crippen LogP contribution is 2.19. The third kappa shape index (κ3) is 4.52. The molecule has 0 radical (unpaired) electrons. The maximum Gasteiger partial charge on any atom is 0.120 e. The van der Waals surface area contributed by atoms with Crippen LogP contribution in [-0.2, 0) is 6.54 Å². The SMILES string of the molecule is C=CC1CCN(Cc2ccc(C#CC(C)(C)O)cc2)C1. The fourth-order valence-corrected chi connectivity index (χ4v) is 2.38. The van der Waals surface area contributed by atoms with Crippen LogP contribution in [0.2, 0.25) is 0 Å². The molecule has 1 aromatic rings. The summed E-state index contributed by atoms with van der Waals surface area (Å²) in [5.74, 6) is 6.47. The molecule has 1 atom stereocenters. The van der Waals surface area contributed by atoms with Gasteiger partial charge in [-0.25, -0.2) is 0 Å². The minimum Gasteiger partial charge on any atom is -0.378 e. The average molecular weight is 269 g/mol. The van der Waals surface area contributed by atoms with E-state index >= 15 is 0 Å². The molecule has 1 aliphatic rings. The Hall–Kier alpha value is -1.56. The molecule has 2 rings (SSSR count). The number of aliphatic hydroxyl groups is 1. The summed E-state index contributed by atoms with van der Waals surface area (Å²) >= 11 is 0. The van der Waals surface area contributed by atoms with Crippen LogP contribution in [0.5, 0.6) is 0 Å². The maximum atomic E-state index is 9.58. The van der Waals surface area contributed by atoms with Gasteiger partial charge in [-0.3, -0.25) is 4.90 Å². The van der Waals surface area contributed by atoms with Crippen LogP contribution >= 0.6 is 0 Å². The molecule has 20 heavy (non-hydrogen) atoms. The quantitative estimate of drug-likeness (QED) is 0.674. The highest BCUT2D eigenvalue weighted by molar-refractivity contribution is 5.37. The van der Waals surface area contributed by atoms with Crippen molar-refractivity contribution in [1.29, 1.82) is 0 Å². The van der Waals surface area contributed by atoms with Crippen LogP contribution in [0.3, 0.4) is 0 Å². The van der Waals surface area contributed by atoms with Gasteiger partial charge in [0.15, 0.2) is 0 Å². The molecule has 0 aliphatic carbocycles. The van der Waals surface area contributed by atoms with Crippen molar-refractivity contribution in [2.45, 2.75) is 32.4 Å². The van der Waals surface area contributed by atoms with Gasteiger partial charge in [0.05, 0.1) is 0 Å². The van der Waals surface area contributed by atoms with Crippen LogP contribution in [0.15, 0.2) is 36.9 Å². The Balaban J connectivity index is 1.95. The molecular formula is C18H23NO. The van der Waals surface area contributed by atoms with Gasteiger partial charge in [-0.05, 0) is 50.4 Å². The Bertz CT molecular complexity index is 513. The molecule has 2 heteroatoms. The van der Waals surface area contributed by atoms with E-state index in [2.05, 4.69) is 41.5 Å². The highest BCUT2D eigenvalue weighted by atomic mass is 16.3. The lowest BCUT2D eigenvalue weighted by Gasteiger charge is -2.15. The third-order valence-corrected chi connectivity index (χ3v) is 3.52. The second-order valence-electron chi connectivity index (χ2n) is 6.03. The summed E-state index contributed by atoms with van der Waals surface area (Å²) in [5, 5.41) is 9.58. The molecule has 0 amide bonds. The number of hydrogen-bond acceptors (Lipinski definition) is 2. The van der Waals surface area contributed by atoms with Gasteiger partial charge in [0.2, 0.25) is 0 Å². The van der Waals surface area contributed by atoms with Crippen molar-refractivity contribution >= 4 is 0 Å². The lowest BCUT2D eigenvalue weighted by atomic mass is 10.1. The molecule has 0 spiro atoms. The van der Waals surface area contributed by atoms with E-state index < -0.39 is 5.60 Å². The summed E-state index contributed by atoms with van der Waals surface area (Å²) in [5.41, 5.74) is 1.32. The van der Waals surface area contributed by atoms with Crippen molar-refractivity contribution in [3.05, 3.63) is 48.0 Å². The zero-order valence-electron chi connectivity index (χ0n) is 12.4. The minimum absolute atomic E-state index is 0.645. The van der Waals surface area contributed by atoms with Crippen LogP contribution in [-0.4, -0.2) is 28.7 Å². The highest BCUT2D eigenvalue weighted by Gasteiger charge is 2.19. The number of hydrogen-bond donors (Lipinski definition) is 1. The molecule has 1 aromatic carbocycles. The van der Waals surface area contributed by atoms with Crippen molar-refractivity contribution < 1.29 is 5.11 Å². The number of rotatable bonds is 3. The molecular weight excluding hydrogens is 246 g/mol. The minimum atomic E-state index is -0.937. The first-order chi connectivity index (χ1) is 9.46. The normalized spacial score (nSPS) is 19.4. The largest absolute Gasteiger partial charge is 0.378 e. The van der Waals surface area contributed by atoms with Crippen LogP contribution in [0.25, 0.3) is 0 Å². The Morgan fingerprint density at radius 1 is 1.40 bits per heavy atom. The van der Waals surface area contributed by atoms with Crippen molar-refractivity contribution in [2.75, 3.05) is 13.1 Å². The average Bonchev–Trinajstić information content (AvgIpc) is 2.85. The van der Waals surface area contributed by atoms with Crippen LogP contribution in [0.4, 0.5) is 0 Å². The smallest absolute Gasteiger partial charge is 0.120 e. The van der Waals surface area contributed by atoms with Gasteiger partial charge in [-0.2, -0.15) is 0 Å². The lowest BCUT2D eigenvalue weighted by molar-refractivity contribution is 0.143. The predicted octanol–water partition coefficient (Wildman–Crippen LogP) is 2.82. The standard InChI is InChI=1S/C18H23NO/c1-4-15-10-12-19(13-15)14-17-7-5-16(6-8-17)9-11-18(2,3)20/h4-8,15,20H,1,10,12-14H2,2-3H3. The molecule has 106 valence electrons. The summed E-state index contributed by atoms with van der Waals surface area (Å²) in [6.45, 7) is 10.5. The molecule has 1 aliphatic heterocycles. The van der Waals surface area contributed by atoms with Crippen molar-refractivity contribution in [3.63, 3.8) is 0 Å². The Morgan fingerprint density at radius 3 is 2.65 bits per heavy atom. The summed E-state index contributed by atoms with van der Waals surface area (Å²) in [6.07, 6.45) is 3.29. The lowest BCUT2D eigenvalue weighted by Crippen LogP contribution is -2.19. The monoisotopic (exact) mass is 269 g/mol. The van der Waals surface area contributed by atoms with Gasteiger partial charge in [0.25, 0.3) is 0 Å². The van der Waals surface area contributed by atoms with Gasteiger partial charge in [-0.1, -0.05) is 30.0 Å². The topological polar surface area (TPSA) is 23.5 Å². The maximum absolute atomic E-state index is 9.58. The molecule has 0 saturated carbocycles. The fourth-order valence-electron chi connectivity index (χ4n) is 2.38. The fraction of sp³-hybridized carbons (Fsp3) is 0.444. The second kappa shape index (κ2) is 6.26. The van der Waals surface area contributed by atoms with E-state index in [1.165, 1.54) is 12.0 Å². The Morgan fingerprint density at radius 2 is 2.10 bits per heavy atom. The van der Waals surface area contributed by atoms with Gasteiger partial charge >= 0.3 is 0 Å². The first-order valence-electron chi connectivity index (χ1n) is 7.16. The van der Waals surface area contributed by atoms with Crippen molar-refractivity contribution in [1.82, 2.24) is 4.90 Å². The molecule has 0 bridgehead atoms. The van der Waals surface area contributed by atoms with Gasteiger partial charge in [-0.15, -0.1) is 6.58 Å². The summed E-state index contributed by atoms with van der Waals surface area (Å²) in [4.78, 5) is 2.46. The Kier molecular flexibility index (Phi) is 4.65. The van der Waals surface area contributed by atoms with E-state index in [-0.39, 0.29) is 0 Å². The van der Waals surface area contributed by atoms with Crippen LogP contribution in [0.1, 0.15) is 31.4 Å². The van der Waals surface area contributed by atoms with E-state index in [0.29, 0.717) is 5.92 Å². The van der Waals surface area contributed by atoms with E-state index in [9.17, 15) is 5.11 Å². The number of likely N-dealkylation sites (tertiary alicyclic amines) is 1. The summed E-state index contributed by atoms with van der Waals surface area (Å²) in [6, 6.07) is 8.29. The third-order valence-electron chi connectivity index (χ3n) is 3.52. The molecule has 0 aromatic heterocycles. The van der Waals surface area contributed by atoms with E-state index in [0.717, 1.165) is 25.2 Å². The molecule has 1 fully saturated rings. The van der Waals surface area contributed by atoms with Crippen LogP contribution < -0.4 is 0 Å². The van der Waals surface area contributed by atoms with Crippen molar-refractivity contribution in [2.24, 2.45) is 5.92 Å². The zero-order valence-corrected chi connectivity index (χ0v) is 12.4. The predicted molar refractivity (Wildman–Crippen MR) is 83.2 cm³/mol. The molecule has 1 unspecified atom stereocenters. The Labute approximate surface area is 122 Å². The zero-order chi connectivity index (χ0) is 14.6. The molecule has 1 heterocycles. The summed E-state index contributed by atoms with van der Waals surface area (Å²) in [7, 11) is 0. The van der Waals surface area contributed by atoms with E-state index in [1.54, 1.807) is 13.8 Å². The molecule has 2 nitrogen and oxygen atoms in total. The van der Waals surface area contributed by atoms with Crippen LogP contribution in [0, 0.1) is 17.8 Å². The van der Waals surface area contributed by atoms with Gasteiger partial charge in [0.1, 0.15) is 5.60 Å². The van der Waals surface area contributed by atoms with E-state index in [4.69, 9.17) is 0 Å². The van der Waals surface area contributed by atoms with E-state index in [1.807, 2.05) is 12.1 Å².